The summed E-state index contributed by atoms with van der Waals surface area (Å²) in [7, 11) is -2.24. The molecule has 1 fully saturated rings. The maximum atomic E-state index is 5.67. The minimum Gasteiger partial charge on any atom is -0.408 e. The topological polar surface area (TPSA) is 18.5 Å². The van der Waals surface area contributed by atoms with Gasteiger partial charge in [0.15, 0.2) is 0 Å². The summed E-state index contributed by atoms with van der Waals surface area (Å²) in [5.74, 6) is 0. The van der Waals surface area contributed by atoms with Crippen LogP contribution < -0.4 is 5.19 Å². The first-order chi connectivity index (χ1) is 8.68. The van der Waals surface area contributed by atoms with Gasteiger partial charge in [-0.3, -0.25) is 0 Å². The predicted octanol–water partition coefficient (Wildman–Crippen LogP) is 2.26. The number of benzene rings is 1. The van der Waals surface area contributed by atoms with E-state index in [-0.39, 0.29) is 7.12 Å². The summed E-state index contributed by atoms with van der Waals surface area (Å²) in [4.78, 5) is 0. The average Bonchev–Trinajstić information content (AvgIpc) is 2.47. The van der Waals surface area contributed by atoms with Gasteiger partial charge in [-0.1, -0.05) is 47.8 Å². The summed E-state index contributed by atoms with van der Waals surface area (Å²) >= 11 is 0. The van der Waals surface area contributed by atoms with Gasteiger partial charge in [0.25, 0.3) is 0 Å². The van der Waals surface area contributed by atoms with Gasteiger partial charge in [-0.25, -0.2) is 0 Å². The zero-order chi connectivity index (χ0) is 13.0. The van der Waals surface area contributed by atoms with Gasteiger partial charge in [-0.15, -0.1) is 13.2 Å². The Balaban J connectivity index is 2.26. The van der Waals surface area contributed by atoms with E-state index in [0.29, 0.717) is 0 Å². The molecule has 0 bridgehead atoms. The summed E-state index contributed by atoms with van der Waals surface area (Å²) in [6, 6.07) is 10.4. The molecule has 1 unspecified atom stereocenters. The van der Waals surface area contributed by atoms with Crippen molar-refractivity contribution in [3.63, 3.8) is 0 Å². The Hall–Kier alpha value is -1.10. The van der Waals surface area contributed by atoms with E-state index in [1.54, 1.807) is 0 Å². The van der Waals surface area contributed by atoms with Gasteiger partial charge >= 0.3 is 7.12 Å². The highest BCUT2D eigenvalue weighted by Crippen LogP contribution is 2.20. The van der Waals surface area contributed by atoms with Crippen molar-refractivity contribution in [1.82, 2.24) is 0 Å². The van der Waals surface area contributed by atoms with Gasteiger partial charge in [-0.2, -0.15) is 0 Å². The molecule has 0 spiro atoms. The summed E-state index contributed by atoms with van der Waals surface area (Å²) in [5, 5.41) is 2.34. The highest BCUT2D eigenvalue weighted by Gasteiger charge is 2.39. The molecule has 1 aliphatic rings. The second kappa shape index (κ2) is 5.69. The molecule has 0 saturated carbocycles. The first kappa shape index (κ1) is 13.3. The minimum absolute atomic E-state index is 0.270. The lowest BCUT2D eigenvalue weighted by molar-refractivity contribution is 0.141. The van der Waals surface area contributed by atoms with Crippen LogP contribution in [0.3, 0.4) is 0 Å². The van der Waals surface area contributed by atoms with Crippen LogP contribution in [0.2, 0.25) is 6.55 Å². The lowest BCUT2D eigenvalue weighted by atomic mass is 9.89. The number of rotatable bonds is 4. The summed E-state index contributed by atoms with van der Waals surface area (Å²) in [5.41, 5.74) is 2.05. The zero-order valence-corrected chi connectivity index (χ0v) is 11.9. The van der Waals surface area contributed by atoms with Crippen molar-refractivity contribution in [3.05, 3.63) is 54.3 Å². The zero-order valence-electron chi connectivity index (χ0n) is 10.9. The lowest BCUT2D eigenvalue weighted by Gasteiger charge is -2.31. The standard InChI is InChI=1S/C14H19BO2Si/c1-4-18(3,14-9-6-5-7-10-14)13(2)15-16-11-8-12-17-15/h4-7,9-10H,1-2,8,11-12H2,3H3. The Kier molecular flexibility index (Phi) is 4.22. The van der Waals surface area contributed by atoms with Crippen LogP contribution in [0.5, 0.6) is 0 Å². The third-order valence-electron chi connectivity index (χ3n) is 3.56. The largest absolute Gasteiger partial charge is 0.485 e. The Labute approximate surface area is 110 Å². The lowest BCUT2D eigenvalue weighted by Crippen LogP contribution is -2.52. The van der Waals surface area contributed by atoms with Gasteiger partial charge in [0.05, 0.1) is 0 Å². The second-order valence-electron chi connectivity index (χ2n) is 4.72. The number of hydrogen-bond donors (Lipinski definition) is 0. The molecular weight excluding hydrogens is 239 g/mol. The van der Waals surface area contributed by atoms with Crippen molar-refractivity contribution in [3.8, 4) is 0 Å². The molecule has 1 aromatic rings. The Bertz CT molecular complexity index is 429. The predicted molar refractivity (Wildman–Crippen MR) is 79.3 cm³/mol. The van der Waals surface area contributed by atoms with Crippen LogP contribution >= 0.6 is 0 Å². The smallest absolute Gasteiger partial charge is 0.408 e. The molecule has 1 atom stereocenters. The van der Waals surface area contributed by atoms with Crippen LogP contribution in [-0.4, -0.2) is 28.4 Å². The van der Waals surface area contributed by atoms with Crippen molar-refractivity contribution in [2.45, 2.75) is 13.0 Å². The van der Waals surface area contributed by atoms with E-state index >= 15 is 0 Å². The molecule has 94 valence electrons. The molecule has 1 saturated heterocycles. The van der Waals surface area contributed by atoms with Crippen LogP contribution in [0.1, 0.15) is 6.42 Å². The van der Waals surface area contributed by atoms with E-state index in [1.807, 2.05) is 11.8 Å². The molecule has 0 aromatic heterocycles. The van der Waals surface area contributed by atoms with Crippen LogP contribution in [-0.2, 0) is 9.31 Å². The first-order valence-electron chi connectivity index (χ1n) is 6.30. The Morgan fingerprint density at radius 2 is 1.89 bits per heavy atom. The van der Waals surface area contributed by atoms with Gasteiger partial charge in [0.2, 0.25) is 0 Å². The summed E-state index contributed by atoms with van der Waals surface area (Å²) in [6.07, 6.45) is 0.960. The van der Waals surface area contributed by atoms with E-state index in [9.17, 15) is 0 Å². The highest BCUT2D eigenvalue weighted by atomic mass is 28.3. The van der Waals surface area contributed by atoms with Crippen molar-refractivity contribution in [2.24, 2.45) is 0 Å². The van der Waals surface area contributed by atoms with E-state index in [2.05, 4.69) is 44.0 Å². The SMILES string of the molecule is C=C[Si](C)(C(=C)B1OCCCO1)c1ccccc1. The maximum absolute atomic E-state index is 5.67. The molecule has 0 aliphatic carbocycles. The fraction of sp³-hybridized carbons (Fsp3) is 0.286. The highest BCUT2D eigenvalue weighted by molar-refractivity contribution is 7.07. The molecule has 1 aromatic carbocycles. The molecule has 0 radical (unpaired) electrons. The fourth-order valence-electron chi connectivity index (χ4n) is 2.15. The van der Waals surface area contributed by atoms with Crippen molar-refractivity contribution in [1.29, 1.82) is 0 Å². The summed E-state index contributed by atoms with van der Waals surface area (Å²) < 4.78 is 11.3. The van der Waals surface area contributed by atoms with Crippen molar-refractivity contribution in [2.75, 3.05) is 13.2 Å². The maximum Gasteiger partial charge on any atom is 0.485 e. The Morgan fingerprint density at radius 1 is 1.28 bits per heavy atom. The van der Waals surface area contributed by atoms with Crippen LogP contribution in [0.25, 0.3) is 0 Å². The molecule has 1 aliphatic heterocycles. The molecular formula is C14H19BO2Si. The molecule has 2 rings (SSSR count). The van der Waals surface area contributed by atoms with Gasteiger partial charge in [0, 0.05) is 13.2 Å². The van der Waals surface area contributed by atoms with Crippen LogP contribution in [0, 0.1) is 0 Å². The van der Waals surface area contributed by atoms with E-state index in [0.717, 1.165) is 24.7 Å². The molecule has 18 heavy (non-hydrogen) atoms. The number of hydrogen-bond acceptors (Lipinski definition) is 2. The molecule has 1 heterocycles. The van der Waals surface area contributed by atoms with Crippen molar-refractivity contribution < 1.29 is 9.31 Å². The monoisotopic (exact) mass is 258 g/mol. The van der Waals surface area contributed by atoms with E-state index < -0.39 is 8.07 Å². The Morgan fingerprint density at radius 3 is 2.44 bits per heavy atom. The normalized spacial score (nSPS) is 19.1. The van der Waals surface area contributed by atoms with E-state index in [4.69, 9.17) is 9.31 Å². The third kappa shape index (κ3) is 2.51. The average molecular weight is 258 g/mol. The minimum atomic E-state index is -1.97. The molecule has 2 nitrogen and oxygen atoms in total. The molecule has 0 N–H and O–H groups in total. The second-order valence-corrected chi connectivity index (χ2v) is 8.76. The first-order valence-corrected chi connectivity index (χ1v) is 8.88. The fourth-order valence-corrected chi connectivity index (χ4v) is 4.56. The van der Waals surface area contributed by atoms with Gasteiger partial charge in [-0.05, 0) is 11.5 Å². The van der Waals surface area contributed by atoms with Gasteiger partial charge < -0.3 is 9.31 Å². The molecule has 0 amide bonds. The van der Waals surface area contributed by atoms with Crippen LogP contribution in [0.4, 0.5) is 0 Å². The van der Waals surface area contributed by atoms with Crippen molar-refractivity contribution >= 4 is 20.4 Å². The summed E-state index contributed by atoms with van der Waals surface area (Å²) in [6.45, 7) is 12.0. The third-order valence-corrected chi connectivity index (χ3v) is 7.48. The van der Waals surface area contributed by atoms with Gasteiger partial charge in [0.1, 0.15) is 8.07 Å². The quantitative estimate of drug-likeness (QED) is 0.771. The molecule has 4 heteroatoms. The van der Waals surface area contributed by atoms with E-state index in [1.165, 1.54) is 5.19 Å². The van der Waals surface area contributed by atoms with Crippen LogP contribution in [0.15, 0.2) is 54.3 Å².